The van der Waals surface area contributed by atoms with Gasteiger partial charge in [0.1, 0.15) is 6.04 Å². The number of esters is 1. The molecule has 2 aromatic carbocycles. The molecule has 0 radical (unpaired) electrons. The molecule has 8 heteroatoms. The molecule has 2 atom stereocenters. The number of piperidine rings is 1. The van der Waals surface area contributed by atoms with Crippen LogP contribution in [0.2, 0.25) is 0 Å². The summed E-state index contributed by atoms with van der Waals surface area (Å²) in [6.07, 6.45) is 3.20. The third-order valence-electron chi connectivity index (χ3n) is 6.84. The lowest BCUT2D eigenvalue weighted by molar-refractivity contribution is -0.152. The number of hydrogen-bond donors (Lipinski definition) is 0. The van der Waals surface area contributed by atoms with E-state index in [1.165, 1.54) is 5.56 Å². The second-order valence-electron chi connectivity index (χ2n) is 9.22. The van der Waals surface area contributed by atoms with Crippen LogP contribution in [-0.4, -0.2) is 60.0 Å². The number of likely N-dealkylation sites (tertiary alicyclic amines) is 1. The zero-order chi connectivity index (χ0) is 24.4. The third-order valence-corrected chi connectivity index (χ3v) is 6.84. The molecule has 3 aliphatic rings. The summed E-state index contributed by atoms with van der Waals surface area (Å²) >= 11 is 0. The van der Waals surface area contributed by atoms with Crippen LogP contribution in [0.3, 0.4) is 0 Å². The molecule has 35 heavy (non-hydrogen) atoms. The molecule has 0 N–H and O–H groups in total. The number of carbonyl (C=O) groups is 2. The minimum absolute atomic E-state index is 0.120. The van der Waals surface area contributed by atoms with Gasteiger partial charge in [-0.05, 0) is 56.5 Å². The van der Waals surface area contributed by atoms with Crippen LogP contribution >= 0.6 is 0 Å². The highest BCUT2D eigenvalue weighted by molar-refractivity contribution is 6.03. The first kappa shape index (κ1) is 23.4. The monoisotopic (exact) mass is 477 g/mol. The van der Waals surface area contributed by atoms with E-state index in [1.807, 2.05) is 42.2 Å². The number of benzene rings is 2. The van der Waals surface area contributed by atoms with E-state index in [2.05, 4.69) is 12.1 Å². The molecule has 3 aliphatic heterocycles. The second-order valence-corrected chi connectivity index (χ2v) is 9.22. The van der Waals surface area contributed by atoms with Gasteiger partial charge in [0, 0.05) is 6.42 Å². The summed E-state index contributed by atoms with van der Waals surface area (Å²) in [5, 5.41) is 6.38. The molecule has 0 bridgehead atoms. The Morgan fingerprint density at radius 3 is 2.69 bits per heavy atom. The molecule has 184 valence electrons. The lowest BCUT2D eigenvalue weighted by Crippen LogP contribution is -2.49. The Morgan fingerprint density at radius 2 is 1.89 bits per heavy atom. The number of aryl methyl sites for hydroxylation is 1. The highest BCUT2D eigenvalue weighted by Gasteiger charge is 2.37. The third kappa shape index (κ3) is 4.89. The fraction of sp³-hybridized carbons (Fsp3) is 0.444. The van der Waals surface area contributed by atoms with Gasteiger partial charge in [0.05, 0.1) is 24.9 Å². The van der Waals surface area contributed by atoms with E-state index in [0.717, 1.165) is 29.7 Å². The van der Waals surface area contributed by atoms with Crippen molar-refractivity contribution in [1.82, 2.24) is 9.91 Å². The Bertz CT molecular complexity index is 1130. The Balaban J connectivity index is 1.42. The van der Waals surface area contributed by atoms with E-state index in [4.69, 9.17) is 19.3 Å². The Morgan fingerprint density at radius 1 is 1.09 bits per heavy atom. The minimum atomic E-state index is -0.389. The van der Waals surface area contributed by atoms with Crippen LogP contribution in [0, 0.1) is 6.92 Å². The summed E-state index contributed by atoms with van der Waals surface area (Å²) in [5.74, 6) is 0.996. The smallest absolute Gasteiger partial charge is 0.323 e. The maximum Gasteiger partial charge on any atom is 0.323 e. The molecule has 0 spiro atoms. The molecule has 3 heterocycles. The fourth-order valence-electron chi connectivity index (χ4n) is 4.97. The highest BCUT2D eigenvalue weighted by atomic mass is 16.7. The predicted octanol–water partition coefficient (Wildman–Crippen LogP) is 3.82. The molecule has 2 aromatic rings. The zero-order valence-electron chi connectivity index (χ0n) is 20.2. The van der Waals surface area contributed by atoms with Crippen molar-refractivity contribution in [3.05, 3.63) is 59.2 Å². The van der Waals surface area contributed by atoms with Gasteiger partial charge in [0.2, 0.25) is 6.79 Å². The topological polar surface area (TPSA) is 80.7 Å². The van der Waals surface area contributed by atoms with Crippen LogP contribution in [-0.2, 0) is 14.3 Å². The van der Waals surface area contributed by atoms with Gasteiger partial charge in [0.25, 0.3) is 5.91 Å². The van der Waals surface area contributed by atoms with E-state index in [-0.39, 0.29) is 37.3 Å². The lowest BCUT2D eigenvalue weighted by atomic mass is 9.97. The van der Waals surface area contributed by atoms with Gasteiger partial charge < -0.3 is 14.2 Å². The Labute approximate surface area is 205 Å². The average molecular weight is 478 g/mol. The van der Waals surface area contributed by atoms with E-state index in [1.54, 1.807) is 11.9 Å². The molecule has 8 nitrogen and oxygen atoms in total. The summed E-state index contributed by atoms with van der Waals surface area (Å²) in [5.41, 5.74) is 3.97. The number of carbonyl (C=O) groups excluding carboxylic acids is 2. The maximum atomic E-state index is 13.7. The summed E-state index contributed by atoms with van der Waals surface area (Å²) < 4.78 is 16.3. The number of rotatable bonds is 6. The SMILES string of the molecule is CCOC(=O)[C@@H]1CCCCN1CC(=O)N1N=C(c2ccc(C)cc2)C[C@@H]1c1ccc2c(c1)OCO2. The van der Waals surface area contributed by atoms with Gasteiger partial charge in [-0.1, -0.05) is 42.3 Å². The summed E-state index contributed by atoms with van der Waals surface area (Å²) in [6.45, 7) is 5.18. The number of hydrogen-bond acceptors (Lipinski definition) is 7. The molecule has 1 fully saturated rings. The van der Waals surface area contributed by atoms with Crippen LogP contribution in [0.1, 0.15) is 55.3 Å². The van der Waals surface area contributed by atoms with Crippen molar-refractivity contribution >= 4 is 17.6 Å². The van der Waals surface area contributed by atoms with Crippen molar-refractivity contribution in [2.75, 3.05) is 26.5 Å². The fourth-order valence-corrected chi connectivity index (χ4v) is 4.97. The molecular weight excluding hydrogens is 446 g/mol. The zero-order valence-corrected chi connectivity index (χ0v) is 20.2. The summed E-state index contributed by atoms with van der Waals surface area (Å²) in [7, 11) is 0. The van der Waals surface area contributed by atoms with Crippen molar-refractivity contribution in [2.45, 2.75) is 51.6 Å². The van der Waals surface area contributed by atoms with Gasteiger partial charge in [-0.3, -0.25) is 14.5 Å². The number of hydrazone groups is 1. The van der Waals surface area contributed by atoms with Crippen LogP contribution in [0.15, 0.2) is 47.6 Å². The molecule has 1 amide bonds. The molecule has 0 aromatic heterocycles. The first-order chi connectivity index (χ1) is 17.0. The molecule has 0 unspecified atom stereocenters. The summed E-state index contributed by atoms with van der Waals surface area (Å²) in [6, 6.07) is 13.3. The molecule has 0 aliphatic carbocycles. The standard InChI is InChI=1S/C27H31N3O5/c1-3-33-27(32)22-6-4-5-13-29(22)16-26(31)30-23(20-11-12-24-25(14-20)35-17-34-24)15-21(28-30)19-9-7-18(2)8-10-19/h7-12,14,22-23H,3-6,13,15-17H2,1-2H3/t22-,23+/m0/s1. The molecule has 0 saturated carbocycles. The highest BCUT2D eigenvalue weighted by Crippen LogP contribution is 2.39. The van der Waals surface area contributed by atoms with Crippen molar-refractivity contribution < 1.29 is 23.8 Å². The molecule has 5 rings (SSSR count). The quantitative estimate of drug-likeness (QED) is 0.589. The van der Waals surface area contributed by atoms with Crippen molar-refractivity contribution in [3.63, 3.8) is 0 Å². The first-order valence-electron chi connectivity index (χ1n) is 12.3. The van der Waals surface area contributed by atoms with Crippen molar-refractivity contribution in [2.24, 2.45) is 5.10 Å². The van der Waals surface area contributed by atoms with Gasteiger partial charge in [0.15, 0.2) is 11.5 Å². The van der Waals surface area contributed by atoms with Crippen LogP contribution in [0.4, 0.5) is 0 Å². The predicted molar refractivity (Wildman–Crippen MR) is 130 cm³/mol. The summed E-state index contributed by atoms with van der Waals surface area (Å²) in [4.78, 5) is 28.1. The number of fused-ring (bicyclic) bond motifs is 1. The van der Waals surface area contributed by atoms with Crippen molar-refractivity contribution in [3.8, 4) is 11.5 Å². The average Bonchev–Trinajstić information content (AvgIpc) is 3.52. The molecular formula is C27H31N3O5. The van der Waals surface area contributed by atoms with Gasteiger partial charge in [-0.25, -0.2) is 5.01 Å². The van der Waals surface area contributed by atoms with E-state index in [0.29, 0.717) is 37.5 Å². The Kier molecular flexibility index (Phi) is 6.72. The number of amides is 1. The van der Waals surface area contributed by atoms with E-state index >= 15 is 0 Å². The Hall–Kier alpha value is -3.39. The molecule has 1 saturated heterocycles. The number of ether oxygens (including phenoxy) is 3. The van der Waals surface area contributed by atoms with Crippen LogP contribution < -0.4 is 9.47 Å². The lowest BCUT2D eigenvalue weighted by Gasteiger charge is -2.34. The first-order valence-corrected chi connectivity index (χ1v) is 12.3. The van der Waals surface area contributed by atoms with Gasteiger partial charge >= 0.3 is 5.97 Å². The van der Waals surface area contributed by atoms with Crippen molar-refractivity contribution in [1.29, 1.82) is 0 Å². The van der Waals surface area contributed by atoms with Gasteiger partial charge in [-0.2, -0.15) is 5.10 Å². The number of nitrogens with zero attached hydrogens (tertiary/aromatic N) is 3. The second kappa shape index (κ2) is 10.1. The van der Waals surface area contributed by atoms with Crippen LogP contribution in [0.5, 0.6) is 11.5 Å². The normalized spacial score (nSPS) is 21.7. The minimum Gasteiger partial charge on any atom is -0.465 e. The maximum absolute atomic E-state index is 13.7. The van der Waals surface area contributed by atoms with Gasteiger partial charge in [-0.15, -0.1) is 0 Å². The van der Waals surface area contributed by atoms with E-state index in [9.17, 15) is 9.59 Å². The van der Waals surface area contributed by atoms with E-state index < -0.39 is 0 Å². The van der Waals surface area contributed by atoms with Crippen LogP contribution in [0.25, 0.3) is 0 Å². The largest absolute Gasteiger partial charge is 0.465 e.